The Morgan fingerprint density at radius 2 is 0.915 bits per heavy atom. The summed E-state index contributed by atoms with van der Waals surface area (Å²) in [4.78, 5) is 3.99. The van der Waals surface area contributed by atoms with Crippen molar-refractivity contribution in [3.63, 3.8) is 0 Å². The summed E-state index contributed by atoms with van der Waals surface area (Å²) >= 11 is 5.58. The minimum Gasteiger partial charge on any atom is -0.656 e. The first-order valence-electron chi connectivity index (χ1n) is 16.9. The topological polar surface area (TPSA) is 42.3 Å². The van der Waals surface area contributed by atoms with Crippen molar-refractivity contribution in [3.8, 4) is 0 Å². The van der Waals surface area contributed by atoms with E-state index < -0.39 is 0 Å². The van der Waals surface area contributed by atoms with Crippen molar-refractivity contribution >= 4 is 64.3 Å². The van der Waals surface area contributed by atoms with Gasteiger partial charge in [-0.25, -0.2) is 34.0 Å². The van der Waals surface area contributed by atoms with Crippen molar-refractivity contribution in [1.29, 1.82) is 0 Å². The van der Waals surface area contributed by atoms with Crippen molar-refractivity contribution in [2.24, 2.45) is 0 Å². The van der Waals surface area contributed by atoms with E-state index in [2.05, 4.69) is 102 Å². The monoisotopic (exact) mass is 852 g/mol. The second-order valence-electron chi connectivity index (χ2n) is 12.5. The maximum Gasteiger partial charge on any atom is 0 e. The second kappa shape index (κ2) is 17.1. The van der Waals surface area contributed by atoms with Crippen LogP contribution in [0, 0.1) is 25.1 Å². The smallest absolute Gasteiger partial charge is 0 e. The minimum atomic E-state index is 0. The standard InChI is InChI=1S/C14H15NS.2C13H13NS.Ir/c1-10-5-6-11-9-14(16-13(11)8-10)12-4-2-3-7-15-12;2*1-2-7-12-10(5-1)9-13(15-12)11-6-3-4-8-14-11;/h5-6,8,12H,2-4,7H2,1H3;2*1-2,5,7,11H,3-4,6,8H2;/q3*-2;. The quantitative estimate of drug-likeness (QED) is 0.159. The molecule has 3 aliphatic heterocycles. The number of nitrogens with zero attached hydrogens (tertiary/aromatic N) is 3. The molecule has 3 aromatic carbocycles. The molecule has 0 saturated carbocycles. The first kappa shape index (κ1) is 34.9. The van der Waals surface area contributed by atoms with E-state index in [9.17, 15) is 0 Å². The number of aryl methyl sites for hydroxylation is 1. The molecule has 3 fully saturated rings. The Labute approximate surface area is 305 Å². The first-order valence-corrected chi connectivity index (χ1v) is 19.4. The molecule has 7 heteroatoms. The number of piperidine rings is 3. The number of thiophene rings is 3. The molecule has 3 aliphatic rings. The van der Waals surface area contributed by atoms with Gasteiger partial charge in [0.15, 0.2) is 0 Å². The fraction of sp³-hybridized carbons (Fsp3) is 0.400. The SMILES string of the molecule is Cc1ccc2[c-]c(C3CCCC[N-]3)sc2c1.[Ir].[c-]1c(C2CCCC[N-]2)sc2ccccc12.[c-]1c(C2CCCC[N-]2)sc2ccccc12. The Bertz CT molecular complexity index is 1680. The Balaban J connectivity index is 0.000000122. The summed E-state index contributed by atoms with van der Waals surface area (Å²) < 4.78 is 4.04. The van der Waals surface area contributed by atoms with Gasteiger partial charge in [0.25, 0.3) is 0 Å². The van der Waals surface area contributed by atoms with E-state index in [0.717, 1.165) is 19.6 Å². The predicted molar refractivity (Wildman–Crippen MR) is 201 cm³/mol. The second-order valence-corrected chi connectivity index (χ2v) is 15.8. The zero-order chi connectivity index (χ0) is 31.1. The third kappa shape index (κ3) is 9.00. The van der Waals surface area contributed by atoms with Gasteiger partial charge in [-0.2, -0.15) is 52.6 Å². The maximum atomic E-state index is 4.70. The minimum absolute atomic E-state index is 0. The average Bonchev–Trinajstić information content (AvgIpc) is 3.87. The molecule has 0 N–H and O–H groups in total. The van der Waals surface area contributed by atoms with Gasteiger partial charge >= 0.3 is 0 Å². The van der Waals surface area contributed by atoms with Gasteiger partial charge in [0.05, 0.1) is 0 Å². The third-order valence-electron chi connectivity index (χ3n) is 8.96. The molecule has 3 nitrogen and oxygen atoms in total. The van der Waals surface area contributed by atoms with Gasteiger partial charge in [-0.3, -0.25) is 0 Å². The number of hydrogen-bond donors (Lipinski definition) is 0. The van der Waals surface area contributed by atoms with Crippen molar-refractivity contribution in [3.05, 3.63) is 121 Å². The van der Waals surface area contributed by atoms with E-state index in [1.165, 1.54) is 108 Å². The molecule has 3 saturated heterocycles. The Morgan fingerprint density at radius 1 is 0.511 bits per heavy atom. The van der Waals surface area contributed by atoms with Crippen molar-refractivity contribution in [2.75, 3.05) is 19.6 Å². The predicted octanol–water partition coefficient (Wildman–Crippen LogP) is 13.2. The van der Waals surface area contributed by atoms with Crippen LogP contribution in [0.15, 0.2) is 66.7 Å². The van der Waals surface area contributed by atoms with E-state index in [-0.39, 0.29) is 20.1 Å². The van der Waals surface area contributed by atoms with Gasteiger partial charge in [-0.1, -0.05) is 110 Å². The summed E-state index contributed by atoms with van der Waals surface area (Å²) in [5, 5.41) is 17.8. The number of rotatable bonds is 3. The van der Waals surface area contributed by atoms with E-state index in [4.69, 9.17) is 5.32 Å². The molecular formula is C40H41IrN3S3-6. The normalized spacial score (nSPS) is 21.3. The van der Waals surface area contributed by atoms with Crippen molar-refractivity contribution < 1.29 is 20.1 Å². The molecule has 3 atom stereocenters. The van der Waals surface area contributed by atoms with Gasteiger partial charge in [-0.15, -0.1) is 68.1 Å². The molecule has 0 aliphatic carbocycles. The molecule has 0 bridgehead atoms. The molecule has 1 radical (unpaired) electrons. The molecule has 3 aromatic heterocycles. The first-order chi connectivity index (χ1) is 22.7. The van der Waals surface area contributed by atoms with Crippen LogP contribution in [-0.2, 0) is 20.1 Å². The van der Waals surface area contributed by atoms with Crippen LogP contribution in [0.1, 0.15) is 96.1 Å². The van der Waals surface area contributed by atoms with Crippen LogP contribution >= 0.6 is 34.0 Å². The van der Waals surface area contributed by atoms with E-state index in [1.54, 1.807) is 0 Å². The summed E-state index contributed by atoms with van der Waals surface area (Å²) in [6, 6.07) is 35.3. The van der Waals surface area contributed by atoms with E-state index in [1.807, 2.05) is 34.0 Å². The largest absolute Gasteiger partial charge is 0.656 e. The Morgan fingerprint density at radius 3 is 1.32 bits per heavy atom. The third-order valence-corrected chi connectivity index (χ3v) is 12.4. The van der Waals surface area contributed by atoms with Crippen LogP contribution in [0.4, 0.5) is 0 Å². The molecule has 9 rings (SSSR count). The van der Waals surface area contributed by atoms with Crippen LogP contribution in [0.2, 0.25) is 0 Å². The average molecular weight is 852 g/mol. The summed E-state index contributed by atoms with van der Waals surface area (Å²) in [6.07, 6.45) is 11.4. The van der Waals surface area contributed by atoms with Crippen molar-refractivity contribution in [1.82, 2.24) is 0 Å². The molecule has 6 heterocycles. The van der Waals surface area contributed by atoms with Gasteiger partial charge in [0, 0.05) is 20.1 Å². The molecule has 6 aromatic rings. The maximum absolute atomic E-state index is 4.70. The van der Waals surface area contributed by atoms with Gasteiger partial charge in [0.2, 0.25) is 0 Å². The van der Waals surface area contributed by atoms with Crippen LogP contribution in [-0.4, -0.2) is 19.6 Å². The fourth-order valence-corrected chi connectivity index (χ4v) is 9.83. The molecule has 249 valence electrons. The molecule has 47 heavy (non-hydrogen) atoms. The van der Waals surface area contributed by atoms with E-state index in [0.29, 0.717) is 18.1 Å². The Kier molecular flexibility index (Phi) is 12.7. The summed E-state index contributed by atoms with van der Waals surface area (Å²) in [5.41, 5.74) is 1.33. The summed E-state index contributed by atoms with van der Waals surface area (Å²) in [5.74, 6) is 0. The zero-order valence-corrected chi connectivity index (χ0v) is 31.8. The Hall–Kier alpha value is -1.93. The van der Waals surface area contributed by atoms with Gasteiger partial charge in [0.1, 0.15) is 0 Å². The molecule has 3 unspecified atom stereocenters. The van der Waals surface area contributed by atoms with Crippen LogP contribution in [0.5, 0.6) is 0 Å². The van der Waals surface area contributed by atoms with Crippen LogP contribution < -0.4 is 0 Å². The van der Waals surface area contributed by atoms with E-state index >= 15 is 0 Å². The number of benzene rings is 3. The van der Waals surface area contributed by atoms with Crippen LogP contribution in [0.3, 0.4) is 0 Å². The molecule has 0 spiro atoms. The molecular weight excluding hydrogens is 811 g/mol. The number of hydrogen-bond acceptors (Lipinski definition) is 3. The van der Waals surface area contributed by atoms with Crippen LogP contribution in [0.25, 0.3) is 46.2 Å². The summed E-state index contributed by atoms with van der Waals surface area (Å²) in [6.45, 7) is 5.25. The van der Waals surface area contributed by atoms with Gasteiger partial charge < -0.3 is 16.0 Å². The summed E-state index contributed by atoms with van der Waals surface area (Å²) in [7, 11) is 0. The molecule has 0 amide bonds. The zero-order valence-electron chi connectivity index (χ0n) is 27.0. The van der Waals surface area contributed by atoms with Gasteiger partial charge in [-0.05, 0) is 6.92 Å². The number of fused-ring (bicyclic) bond motifs is 3. The van der Waals surface area contributed by atoms with Crippen molar-refractivity contribution in [2.45, 2.75) is 82.8 Å². The fourth-order valence-electron chi connectivity index (χ4n) is 6.42.